The van der Waals surface area contributed by atoms with Gasteiger partial charge in [-0.2, -0.15) is 0 Å². The molecule has 1 aliphatic rings. The van der Waals surface area contributed by atoms with Crippen LogP contribution in [0.1, 0.15) is 54.4 Å². The van der Waals surface area contributed by atoms with E-state index in [0.717, 1.165) is 41.0 Å². The number of ether oxygens (including phenoxy) is 1. The largest absolute Gasteiger partial charge is 0.462 e. The average molecular weight is 411 g/mol. The zero-order chi connectivity index (χ0) is 20.7. The standard InChI is InChI=1S/C20H31N3O4S/c1-5-9-21-16(24)11-23(4)12-17(25)22-19-18(20(26)27-6-2)14-8-7-13(3)10-15(14)28-19/h13H,5-12H2,1-4H3,(H,21,24)(H,22,25)/p+1/t13-/m0/s1. The Kier molecular flexibility index (Phi) is 8.44. The van der Waals surface area contributed by atoms with E-state index in [2.05, 4.69) is 17.6 Å². The first-order valence-corrected chi connectivity index (χ1v) is 10.9. The van der Waals surface area contributed by atoms with E-state index in [9.17, 15) is 14.4 Å². The molecule has 1 aliphatic carbocycles. The number of rotatable bonds is 9. The fraction of sp³-hybridized carbons (Fsp3) is 0.650. The molecule has 1 unspecified atom stereocenters. The first-order valence-electron chi connectivity index (χ1n) is 10.0. The lowest BCUT2D eigenvalue weighted by atomic mass is 9.88. The predicted octanol–water partition coefficient (Wildman–Crippen LogP) is 1.03. The van der Waals surface area contributed by atoms with Crippen molar-refractivity contribution >= 4 is 34.1 Å². The Bertz CT molecular complexity index is 717. The van der Waals surface area contributed by atoms with Gasteiger partial charge < -0.3 is 20.3 Å². The Balaban J connectivity index is 2.06. The maximum Gasteiger partial charge on any atom is 0.341 e. The van der Waals surface area contributed by atoms with E-state index >= 15 is 0 Å². The molecule has 2 rings (SSSR count). The van der Waals surface area contributed by atoms with Gasteiger partial charge in [0.25, 0.3) is 11.8 Å². The van der Waals surface area contributed by atoms with E-state index in [1.807, 2.05) is 6.92 Å². The lowest BCUT2D eigenvalue weighted by molar-refractivity contribution is -0.862. The number of hydrogen-bond acceptors (Lipinski definition) is 5. The Morgan fingerprint density at radius 3 is 2.61 bits per heavy atom. The van der Waals surface area contributed by atoms with Crippen LogP contribution in [-0.4, -0.2) is 51.1 Å². The first-order chi connectivity index (χ1) is 13.3. The Morgan fingerprint density at radius 1 is 1.21 bits per heavy atom. The van der Waals surface area contributed by atoms with Gasteiger partial charge in [-0.15, -0.1) is 11.3 Å². The van der Waals surface area contributed by atoms with Crippen LogP contribution in [0.5, 0.6) is 0 Å². The fourth-order valence-electron chi connectivity index (χ4n) is 3.37. The summed E-state index contributed by atoms with van der Waals surface area (Å²) in [6, 6.07) is 0. The molecule has 2 atom stereocenters. The van der Waals surface area contributed by atoms with Gasteiger partial charge in [-0.25, -0.2) is 4.79 Å². The van der Waals surface area contributed by atoms with Gasteiger partial charge in [0, 0.05) is 11.4 Å². The highest BCUT2D eigenvalue weighted by molar-refractivity contribution is 7.17. The summed E-state index contributed by atoms with van der Waals surface area (Å²) in [5.74, 6) is -0.0793. The van der Waals surface area contributed by atoms with E-state index < -0.39 is 0 Å². The van der Waals surface area contributed by atoms with Crippen LogP contribution in [0.2, 0.25) is 0 Å². The molecule has 0 saturated carbocycles. The Morgan fingerprint density at radius 2 is 1.93 bits per heavy atom. The van der Waals surface area contributed by atoms with Crippen LogP contribution in [0, 0.1) is 5.92 Å². The number of amides is 2. The van der Waals surface area contributed by atoms with Gasteiger partial charge in [-0.3, -0.25) is 9.59 Å². The lowest BCUT2D eigenvalue weighted by Crippen LogP contribution is -3.11. The van der Waals surface area contributed by atoms with Crippen LogP contribution >= 0.6 is 11.3 Å². The molecule has 0 bridgehead atoms. The van der Waals surface area contributed by atoms with Crippen molar-refractivity contribution in [1.29, 1.82) is 0 Å². The summed E-state index contributed by atoms with van der Waals surface area (Å²) in [7, 11) is 1.80. The summed E-state index contributed by atoms with van der Waals surface area (Å²) in [5.41, 5.74) is 1.54. The van der Waals surface area contributed by atoms with Crippen molar-refractivity contribution in [2.75, 3.05) is 38.6 Å². The molecule has 3 N–H and O–H groups in total. The number of hydrogen-bond donors (Lipinski definition) is 3. The van der Waals surface area contributed by atoms with E-state index in [-0.39, 0.29) is 30.9 Å². The summed E-state index contributed by atoms with van der Waals surface area (Å²) < 4.78 is 5.23. The number of esters is 1. The smallest absolute Gasteiger partial charge is 0.341 e. The van der Waals surface area contributed by atoms with Crippen molar-refractivity contribution in [3.63, 3.8) is 0 Å². The first kappa shape index (κ1) is 22.4. The second-order valence-corrected chi connectivity index (χ2v) is 8.59. The number of carbonyl (C=O) groups excluding carboxylic acids is 3. The SMILES string of the molecule is CCCNC(=O)C[NH+](C)CC(=O)Nc1sc2c(c1C(=O)OCC)CC[C@H](C)C2. The number of anilines is 1. The number of carbonyl (C=O) groups is 3. The molecule has 0 aliphatic heterocycles. The lowest BCUT2D eigenvalue weighted by Gasteiger charge is -2.18. The Hall–Kier alpha value is -1.93. The van der Waals surface area contributed by atoms with E-state index in [4.69, 9.17) is 4.74 Å². The van der Waals surface area contributed by atoms with Gasteiger partial charge in [0.05, 0.1) is 19.2 Å². The van der Waals surface area contributed by atoms with Crippen LogP contribution in [0.4, 0.5) is 5.00 Å². The summed E-state index contributed by atoms with van der Waals surface area (Å²) in [6.07, 6.45) is 3.66. The number of likely N-dealkylation sites (N-methyl/N-ethyl adjacent to an activating group) is 1. The molecule has 0 fully saturated rings. The molecular formula is C20H32N3O4S+. The highest BCUT2D eigenvalue weighted by Gasteiger charge is 2.29. The third kappa shape index (κ3) is 6.04. The molecule has 0 aromatic carbocycles. The second kappa shape index (κ2) is 10.6. The topological polar surface area (TPSA) is 88.9 Å². The number of thiophene rings is 1. The zero-order valence-corrected chi connectivity index (χ0v) is 18.1. The van der Waals surface area contributed by atoms with Crippen molar-refractivity contribution in [1.82, 2.24) is 5.32 Å². The molecule has 1 aromatic heterocycles. The van der Waals surface area contributed by atoms with Gasteiger partial charge >= 0.3 is 5.97 Å². The fourth-order valence-corrected chi connectivity index (χ4v) is 4.78. The third-order valence-electron chi connectivity index (χ3n) is 4.74. The number of nitrogens with one attached hydrogen (secondary N) is 3. The molecule has 2 amide bonds. The summed E-state index contributed by atoms with van der Waals surface area (Å²) in [6.45, 7) is 7.30. The molecule has 0 spiro atoms. The highest BCUT2D eigenvalue weighted by atomic mass is 32.1. The number of quaternary nitrogens is 1. The molecule has 0 saturated heterocycles. The van der Waals surface area contributed by atoms with Crippen molar-refractivity contribution in [2.45, 2.75) is 46.5 Å². The highest BCUT2D eigenvalue weighted by Crippen LogP contribution is 2.40. The maximum atomic E-state index is 12.5. The molecule has 28 heavy (non-hydrogen) atoms. The second-order valence-electron chi connectivity index (χ2n) is 7.49. The van der Waals surface area contributed by atoms with Gasteiger partial charge in [0.1, 0.15) is 5.00 Å². The molecular weight excluding hydrogens is 378 g/mol. The Labute approximate surface area is 170 Å². The van der Waals surface area contributed by atoms with Crippen LogP contribution in [0.3, 0.4) is 0 Å². The van der Waals surface area contributed by atoms with Crippen LogP contribution in [0.15, 0.2) is 0 Å². The molecule has 1 aromatic rings. The minimum Gasteiger partial charge on any atom is -0.462 e. The van der Waals surface area contributed by atoms with E-state index in [1.54, 1.807) is 14.0 Å². The predicted molar refractivity (Wildman–Crippen MR) is 110 cm³/mol. The van der Waals surface area contributed by atoms with Crippen LogP contribution in [0.25, 0.3) is 0 Å². The van der Waals surface area contributed by atoms with Gasteiger partial charge in [0.2, 0.25) is 0 Å². The van der Waals surface area contributed by atoms with Crippen molar-refractivity contribution in [3.8, 4) is 0 Å². The molecule has 156 valence electrons. The number of fused-ring (bicyclic) bond motifs is 1. The van der Waals surface area contributed by atoms with Crippen LogP contribution < -0.4 is 15.5 Å². The van der Waals surface area contributed by atoms with Gasteiger partial charge in [-0.1, -0.05) is 13.8 Å². The minimum atomic E-state index is -0.371. The molecule has 0 radical (unpaired) electrons. The monoisotopic (exact) mass is 410 g/mol. The molecule has 1 heterocycles. The average Bonchev–Trinajstić information content (AvgIpc) is 2.96. The summed E-state index contributed by atoms with van der Waals surface area (Å²) in [5, 5.41) is 6.28. The third-order valence-corrected chi connectivity index (χ3v) is 5.91. The minimum absolute atomic E-state index is 0.0695. The van der Waals surface area contributed by atoms with Crippen LogP contribution in [-0.2, 0) is 27.2 Å². The summed E-state index contributed by atoms with van der Waals surface area (Å²) in [4.78, 5) is 38.8. The molecule has 7 nitrogen and oxygen atoms in total. The van der Waals surface area contributed by atoms with Gasteiger partial charge in [0.15, 0.2) is 13.1 Å². The summed E-state index contributed by atoms with van der Waals surface area (Å²) >= 11 is 1.48. The van der Waals surface area contributed by atoms with Crippen molar-refractivity contribution in [3.05, 3.63) is 16.0 Å². The zero-order valence-electron chi connectivity index (χ0n) is 17.3. The van der Waals surface area contributed by atoms with Gasteiger partial charge in [-0.05, 0) is 44.1 Å². The quantitative estimate of drug-likeness (QED) is 0.531. The van der Waals surface area contributed by atoms with E-state index in [1.165, 1.54) is 11.3 Å². The van der Waals surface area contributed by atoms with E-state index in [0.29, 0.717) is 29.6 Å². The molecule has 8 heteroatoms. The normalized spacial score (nSPS) is 16.8. The maximum absolute atomic E-state index is 12.5. The van der Waals surface area contributed by atoms with Crippen molar-refractivity contribution in [2.24, 2.45) is 5.92 Å². The van der Waals surface area contributed by atoms with Crippen molar-refractivity contribution < 1.29 is 24.0 Å².